The average molecular weight is 176 g/mol. The van der Waals surface area contributed by atoms with Crippen LogP contribution in [-0.4, -0.2) is 6.10 Å². The highest BCUT2D eigenvalue weighted by Crippen LogP contribution is 2.23. The smallest absolute Gasteiger partial charge is 0.125 e. The lowest BCUT2D eigenvalue weighted by Gasteiger charge is -2.14. The molecule has 1 heteroatoms. The number of para-hydroxylation sites is 1. The maximum Gasteiger partial charge on any atom is 0.125 e. The monoisotopic (exact) mass is 176 g/mol. The first-order valence-electron chi connectivity index (χ1n) is 4.50. The maximum atomic E-state index is 5.71. The van der Waals surface area contributed by atoms with Gasteiger partial charge in [0.05, 0.1) is 0 Å². The van der Waals surface area contributed by atoms with Gasteiger partial charge in [0, 0.05) is 0 Å². The third kappa shape index (κ3) is 2.35. The molecule has 0 aliphatic heterocycles. The van der Waals surface area contributed by atoms with Crippen molar-refractivity contribution in [2.75, 3.05) is 0 Å². The molecule has 0 N–H and O–H groups in total. The van der Waals surface area contributed by atoms with Crippen LogP contribution in [0.15, 0.2) is 30.9 Å². The van der Waals surface area contributed by atoms with Gasteiger partial charge in [0.2, 0.25) is 0 Å². The van der Waals surface area contributed by atoms with E-state index < -0.39 is 0 Å². The van der Waals surface area contributed by atoms with Crippen molar-refractivity contribution in [3.8, 4) is 5.75 Å². The van der Waals surface area contributed by atoms with Gasteiger partial charge >= 0.3 is 0 Å². The highest BCUT2D eigenvalue weighted by Gasteiger charge is 2.05. The molecule has 1 atom stereocenters. The molecule has 1 rings (SSSR count). The largest absolute Gasteiger partial charge is 0.486 e. The van der Waals surface area contributed by atoms with E-state index in [4.69, 9.17) is 4.74 Å². The van der Waals surface area contributed by atoms with E-state index in [1.165, 1.54) is 11.1 Å². The normalized spacial score (nSPS) is 12.2. The van der Waals surface area contributed by atoms with Gasteiger partial charge < -0.3 is 4.74 Å². The molecular formula is C12H16O. The van der Waals surface area contributed by atoms with Gasteiger partial charge in [-0.25, -0.2) is 0 Å². The van der Waals surface area contributed by atoms with E-state index in [0.717, 1.165) is 5.75 Å². The van der Waals surface area contributed by atoms with Crippen LogP contribution in [-0.2, 0) is 0 Å². The number of rotatable bonds is 3. The van der Waals surface area contributed by atoms with Crippen molar-refractivity contribution in [2.24, 2.45) is 0 Å². The van der Waals surface area contributed by atoms with Gasteiger partial charge in [0.1, 0.15) is 11.9 Å². The lowest BCUT2D eigenvalue weighted by molar-refractivity contribution is 0.266. The van der Waals surface area contributed by atoms with E-state index in [2.05, 4.69) is 32.6 Å². The minimum absolute atomic E-state index is 0.0693. The van der Waals surface area contributed by atoms with E-state index in [0.29, 0.717) is 0 Å². The zero-order valence-corrected chi connectivity index (χ0v) is 8.50. The predicted octanol–water partition coefficient (Wildman–Crippen LogP) is 3.26. The SMILES string of the molecule is C=CC(C)Oc1c(C)cccc1C. The van der Waals surface area contributed by atoms with Crippen LogP contribution in [0.1, 0.15) is 18.1 Å². The Morgan fingerprint density at radius 2 is 1.85 bits per heavy atom. The molecule has 0 aromatic heterocycles. The topological polar surface area (TPSA) is 9.23 Å². The van der Waals surface area contributed by atoms with Crippen LogP contribution in [0.5, 0.6) is 5.75 Å². The van der Waals surface area contributed by atoms with Gasteiger partial charge in [-0.05, 0) is 31.9 Å². The number of ether oxygens (including phenoxy) is 1. The summed E-state index contributed by atoms with van der Waals surface area (Å²) in [7, 11) is 0. The Morgan fingerprint density at radius 3 is 2.31 bits per heavy atom. The predicted molar refractivity (Wildman–Crippen MR) is 56.2 cm³/mol. The van der Waals surface area contributed by atoms with Crippen LogP contribution in [0.3, 0.4) is 0 Å². The summed E-state index contributed by atoms with van der Waals surface area (Å²) in [5.74, 6) is 0.981. The van der Waals surface area contributed by atoms with E-state index in [9.17, 15) is 0 Å². The highest BCUT2D eigenvalue weighted by molar-refractivity contribution is 5.39. The summed E-state index contributed by atoms with van der Waals surface area (Å²) < 4.78 is 5.71. The van der Waals surface area contributed by atoms with Crippen molar-refractivity contribution in [3.63, 3.8) is 0 Å². The number of hydrogen-bond acceptors (Lipinski definition) is 1. The van der Waals surface area contributed by atoms with Crippen LogP contribution in [0.25, 0.3) is 0 Å². The zero-order chi connectivity index (χ0) is 9.84. The molecule has 0 radical (unpaired) electrons. The van der Waals surface area contributed by atoms with E-state index >= 15 is 0 Å². The molecule has 1 aromatic carbocycles. The van der Waals surface area contributed by atoms with Crippen molar-refractivity contribution in [1.82, 2.24) is 0 Å². The standard InChI is InChI=1S/C12H16O/c1-5-11(4)13-12-9(2)7-6-8-10(12)3/h5-8,11H,1H2,2-4H3. The Labute approximate surface area is 80.0 Å². The van der Waals surface area contributed by atoms with Gasteiger partial charge in [-0.1, -0.05) is 30.9 Å². The van der Waals surface area contributed by atoms with Gasteiger partial charge in [0.25, 0.3) is 0 Å². The number of benzene rings is 1. The molecule has 0 aliphatic rings. The van der Waals surface area contributed by atoms with Crippen molar-refractivity contribution in [1.29, 1.82) is 0 Å². The summed E-state index contributed by atoms with van der Waals surface area (Å²) in [5, 5.41) is 0. The van der Waals surface area contributed by atoms with Gasteiger partial charge in [-0.2, -0.15) is 0 Å². The van der Waals surface area contributed by atoms with Crippen LogP contribution in [0.4, 0.5) is 0 Å². The third-order valence-electron chi connectivity index (χ3n) is 2.04. The first-order chi connectivity index (χ1) is 6.15. The quantitative estimate of drug-likeness (QED) is 0.642. The lowest BCUT2D eigenvalue weighted by Crippen LogP contribution is -2.09. The molecule has 0 saturated carbocycles. The van der Waals surface area contributed by atoms with Gasteiger partial charge in [-0.3, -0.25) is 0 Å². The summed E-state index contributed by atoms with van der Waals surface area (Å²) in [6.07, 6.45) is 1.87. The zero-order valence-electron chi connectivity index (χ0n) is 8.50. The molecule has 0 heterocycles. The molecule has 0 amide bonds. The van der Waals surface area contributed by atoms with Crippen molar-refractivity contribution in [3.05, 3.63) is 42.0 Å². The minimum Gasteiger partial charge on any atom is -0.486 e. The fourth-order valence-electron chi connectivity index (χ4n) is 1.22. The summed E-state index contributed by atoms with van der Waals surface area (Å²) >= 11 is 0. The molecule has 13 heavy (non-hydrogen) atoms. The van der Waals surface area contributed by atoms with E-state index in [1.54, 1.807) is 6.08 Å². The molecule has 0 spiro atoms. The maximum absolute atomic E-state index is 5.71. The average Bonchev–Trinajstić information content (AvgIpc) is 2.11. The fraction of sp³-hybridized carbons (Fsp3) is 0.333. The molecular weight excluding hydrogens is 160 g/mol. The summed E-state index contributed by atoms with van der Waals surface area (Å²) in [6.45, 7) is 9.78. The fourth-order valence-corrected chi connectivity index (χ4v) is 1.22. The van der Waals surface area contributed by atoms with Crippen molar-refractivity contribution < 1.29 is 4.74 Å². The van der Waals surface area contributed by atoms with E-state index in [1.807, 2.05) is 13.0 Å². The second-order valence-corrected chi connectivity index (χ2v) is 3.28. The lowest BCUT2D eigenvalue weighted by atomic mass is 10.1. The van der Waals surface area contributed by atoms with Crippen LogP contribution < -0.4 is 4.74 Å². The highest BCUT2D eigenvalue weighted by atomic mass is 16.5. The summed E-state index contributed by atoms with van der Waals surface area (Å²) in [5.41, 5.74) is 2.35. The Balaban J connectivity index is 2.93. The Bertz CT molecular complexity index is 282. The first-order valence-corrected chi connectivity index (χ1v) is 4.50. The first kappa shape index (κ1) is 9.85. The second-order valence-electron chi connectivity index (χ2n) is 3.28. The molecule has 70 valence electrons. The second kappa shape index (κ2) is 4.13. The Hall–Kier alpha value is -1.24. The molecule has 1 aromatic rings. The van der Waals surface area contributed by atoms with Crippen LogP contribution in [0.2, 0.25) is 0 Å². The molecule has 0 bridgehead atoms. The third-order valence-corrected chi connectivity index (χ3v) is 2.04. The molecule has 1 nitrogen and oxygen atoms in total. The summed E-state index contributed by atoms with van der Waals surface area (Å²) in [6, 6.07) is 6.15. The Morgan fingerprint density at radius 1 is 1.31 bits per heavy atom. The number of hydrogen-bond donors (Lipinski definition) is 0. The Kier molecular flexibility index (Phi) is 3.13. The molecule has 1 unspecified atom stereocenters. The van der Waals surface area contributed by atoms with E-state index in [-0.39, 0.29) is 6.10 Å². The molecule has 0 aliphatic carbocycles. The molecule has 0 fully saturated rings. The molecule has 0 saturated heterocycles. The number of aryl methyl sites for hydroxylation is 2. The van der Waals surface area contributed by atoms with Crippen LogP contribution in [0, 0.1) is 13.8 Å². The van der Waals surface area contributed by atoms with Crippen LogP contribution >= 0.6 is 0 Å². The summed E-state index contributed by atoms with van der Waals surface area (Å²) in [4.78, 5) is 0. The minimum atomic E-state index is 0.0693. The van der Waals surface area contributed by atoms with Gasteiger partial charge in [-0.15, -0.1) is 0 Å². The van der Waals surface area contributed by atoms with Crippen molar-refractivity contribution in [2.45, 2.75) is 26.9 Å². The van der Waals surface area contributed by atoms with Crippen molar-refractivity contribution >= 4 is 0 Å². The van der Waals surface area contributed by atoms with Gasteiger partial charge in [0.15, 0.2) is 0 Å².